The van der Waals surface area contributed by atoms with E-state index in [0.717, 1.165) is 5.56 Å². The fourth-order valence-corrected chi connectivity index (χ4v) is 1.51. The Morgan fingerprint density at radius 3 is 3.00 bits per heavy atom. The van der Waals surface area contributed by atoms with Crippen LogP contribution in [0.4, 0.5) is 5.69 Å². The zero-order valence-corrected chi connectivity index (χ0v) is 7.41. The van der Waals surface area contributed by atoms with E-state index in [2.05, 4.69) is 0 Å². The molecule has 2 rings (SSSR count). The second-order valence-electron chi connectivity index (χ2n) is 3.02. The van der Waals surface area contributed by atoms with Gasteiger partial charge in [0, 0.05) is 5.56 Å². The maximum atomic E-state index is 5.80. The van der Waals surface area contributed by atoms with Crippen molar-refractivity contribution in [3.05, 3.63) is 17.7 Å². The molecule has 0 unspecified atom stereocenters. The summed E-state index contributed by atoms with van der Waals surface area (Å²) < 4.78 is 10.5. The summed E-state index contributed by atoms with van der Waals surface area (Å²) in [6.45, 7) is 0.495. The van der Waals surface area contributed by atoms with Gasteiger partial charge in [0.15, 0.2) is 11.5 Å². The predicted octanol–water partition coefficient (Wildman–Crippen LogP) is 0.670. The first-order valence-electron chi connectivity index (χ1n) is 4.08. The van der Waals surface area contributed by atoms with E-state index in [1.807, 2.05) is 6.07 Å². The number of ether oxygens (including phenoxy) is 2. The van der Waals surface area contributed by atoms with Crippen LogP contribution in [-0.4, -0.2) is 13.7 Å². The highest BCUT2D eigenvalue weighted by Gasteiger charge is 2.25. The summed E-state index contributed by atoms with van der Waals surface area (Å²) in [6, 6.07) is 3.60. The van der Waals surface area contributed by atoms with E-state index >= 15 is 0 Å². The van der Waals surface area contributed by atoms with Gasteiger partial charge in [-0.05, 0) is 6.07 Å². The molecule has 1 aromatic rings. The molecule has 4 heteroatoms. The Labute approximate surface area is 76.4 Å². The number of rotatable bonds is 1. The first-order valence-corrected chi connectivity index (χ1v) is 4.08. The largest absolute Gasteiger partial charge is 0.491 e. The van der Waals surface area contributed by atoms with E-state index in [9.17, 15) is 0 Å². The molecule has 0 spiro atoms. The van der Waals surface area contributed by atoms with Gasteiger partial charge in [-0.15, -0.1) is 0 Å². The Morgan fingerprint density at radius 2 is 2.31 bits per heavy atom. The SMILES string of the molecule is COc1c(N)ccc2c1OC[C@H]2N. The zero-order chi connectivity index (χ0) is 9.42. The van der Waals surface area contributed by atoms with Gasteiger partial charge < -0.3 is 20.9 Å². The summed E-state index contributed by atoms with van der Waals surface area (Å²) in [5.74, 6) is 1.28. The van der Waals surface area contributed by atoms with Gasteiger partial charge in [0.05, 0.1) is 18.8 Å². The summed E-state index contributed by atoms with van der Waals surface area (Å²) in [5, 5.41) is 0. The maximum absolute atomic E-state index is 5.80. The second kappa shape index (κ2) is 2.81. The minimum atomic E-state index is -0.0653. The third kappa shape index (κ3) is 1.10. The lowest BCUT2D eigenvalue weighted by Gasteiger charge is -2.08. The van der Waals surface area contributed by atoms with Crippen molar-refractivity contribution in [1.82, 2.24) is 0 Å². The van der Waals surface area contributed by atoms with Crippen molar-refractivity contribution in [1.29, 1.82) is 0 Å². The average molecular weight is 180 g/mol. The van der Waals surface area contributed by atoms with Gasteiger partial charge in [-0.1, -0.05) is 6.07 Å². The van der Waals surface area contributed by atoms with Gasteiger partial charge in [0.25, 0.3) is 0 Å². The number of hydrogen-bond donors (Lipinski definition) is 2. The first kappa shape index (κ1) is 8.19. The summed E-state index contributed by atoms with van der Waals surface area (Å²) in [5.41, 5.74) is 13.0. The molecule has 0 aliphatic carbocycles. The Balaban J connectivity index is 2.57. The number of anilines is 1. The van der Waals surface area contributed by atoms with Crippen molar-refractivity contribution in [2.75, 3.05) is 19.5 Å². The fourth-order valence-electron chi connectivity index (χ4n) is 1.51. The van der Waals surface area contributed by atoms with Crippen LogP contribution in [0.2, 0.25) is 0 Å². The van der Waals surface area contributed by atoms with Crippen LogP contribution in [0, 0.1) is 0 Å². The van der Waals surface area contributed by atoms with Crippen molar-refractivity contribution in [3.8, 4) is 11.5 Å². The molecule has 0 saturated heterocycles. The predicted molar refractivity (Wildman–Crippen MR) is 49.8 cm³/mol. The smallest absolute Gasteiger partial charge is 0.184 e. The fraction of sp³-hybridized carbons (Fsp3) is 0.333. The number of hydrogen-bond acceptors (Lipinski definition) is 4. The van der Waals surface area contributed by atoms with Gasteiger partial charge in [-0.3, -0.25) is 0 Å². The van der Waals surface area contributed by atoms with E-state index in [1.165, 1.54) is 0 Å². The molecule has 4 N–H and O–H groups in total. The van der Waals surface area contributed by atoms with Crippen LogP contribution in [0.5, 0.6) is 11.5 Å². The second-order valence-corrected chi connectivity index (χ2v) is 3.02. The topological polar surface area (TPSA) is 70.5 Å². The molecule has 13 heavy (non-hydrogen) atoms. The Bertz CT molecular complexity index is 339. The van der Waals surface area contributed by atoms with E-state index in [4.69, 9.17) is 20.9 Å². The molecule has 1 aliphatic heterocycles. The van der Waals surface area contributed by atoms with E-state index in [0.29, 0.717) is 23.8 Å². The van der Waals surface area contributed by atoms with Crippen molar-refractivity contribution in [2.45, 2.75) is 6.04 Å². The molecule has 1 atom stereocenters. The standard InChI is InChI=1S/C9H12N2O2/c1-12-9-6(10)3-2-5-7(11)4-13-8(5)9/h2-3,7H,4,10-11H2,1H3/t7-/m1/s1. The van der Waals surface area contributed by atoms with Crippen LogP contribution < -0.4 is 20.9 Å². The molecular weight excluding hydrogens is 168 g/mol. The molecule has 4 nitrogen and oxygen atoms in total. The molecule has 0 aromatic heterocycles. The monoisotopic (exact) mass is 180 g/mol. The van der Waals surface area contributed by atoms with Gasteiger partial charge in [0.2, 0.25) is 0 Å². The third-order valence-electron chi connectivity index (χ3n) is 2.18. The number of nitrogens with two attached hydrogens (primary N) is 2. The average Bonchev–Trinajstić information content (AvgIpc) is 2.48. The van der Waals surface area contributed by atoms with Crippen LogP contribution in [0.1, 0.15) is 11.6 Å². The molecule has 0 fully saturated rings. The summed E-state index contributed by atoms with van der Waals surface area (Å²) >= 11 is 0. The van der Waals surface area contributed by atoms with E-state index < -0.39 is 0 Å². The van der Waals surface area contributed by atoms with E-state index in [-0.39, 0.29) is 6.04 Å². The van der Waals surface area contributed by atoms with Crippen molar-refractivity contribution in [2.24, 2.45) is 5.73 Å². The van der Waals surface area contributed by atoms with Crippen molar-refractivity contribution >= 4 is 5.69 Å². The molecule has 1 aliphatic rings. The lowest BCUT2D eigenvalue weighted by molar-refractivity contribution is 0.311. The van der Waals surface area contributed by atoms with Crippen LogP contribution in [0.15, 0.2) is 12.1 Å². The minimum absolute atomic E-state index is 0.0653. The highest BCUT2D eigenvalue weighted by Crippen LogP contribution is 2.42. The van der Waals surface area contributed by atoms with Crippen molar-refractivity contribution < 1.29 is 9.47 Å². The van der Waals surface area contributed by atoms with Gasteiger partial charge in [-0.25, -0.2) is 0 Å². The number of benzene rings is 1. The molecular formula is C9H12N2O2. The minimum Gasteiger partial charge on any atom is -0.491 e. The zero-order valence-electron chi connectivity index (χ0n) is 7.41. The molecule has 0 amide bonds. The maximum Gasteiger partial charge on any atom is 0.184 e. The van der Waals surface area contributed by atoms with Gasteiger partial charge in [-0.2, -0.15) is 0 Å². The quantitative estimate of drug-likeness (QED) is 0.623. The molecule has 70 valence electrons. The Hall–Kier alpha value is -1.42. The molecule has 0 saturated carbocycles. The Morgan fingerprint density at radius 1 is 1.54 bits per heavy atom. The number of nitrogen functional groups attached to an aromatic ring is 1. The van der Waals surface area contributed by atoms with Crippen molar-refractivity contribution in [3.63, 3.8) is 0 Å². The summed E-state index contributed by atoms with van der Waals surface area (Å²) in [4.78, 5) is 0. The molecule has 1 heterocycles. The van der Waals surface area contributed by atoms with Gasteiger partial charge >= 0.3 is 0 Å². The van der Waals surface area contributed by atoms with Crippen LogP contribution in [0.25, 0.3) is 0 Å². The highest BCUT2D eigenvalue weighted by atomic mass is 16.5. The first-order chi connectivity index (χ1) is 6.24. The van der Waals surface area contributed by atoms with Gasteiger partial charge in [0.1, 0.15) is 6.61 Å². The molecule has 1 aromatic carbocycles. The highest BCUT2D eigenvalue weighted by molar-refractivity contribution is 5.64. The lowest BCUT2D eigenvalue weighted by atomic mass is 10.1. The Kier molecular flexibility index (Phi) is 1.77. The number of methoxy groups -OCH3 is 1. The third-order valence-corrected chi connectivity index (χ3v) is 2.18. The molecule has 0 radical (unpaired) electrons. The van der Waals surface area contributed by atoms with Crippen LogP contribution >= 0.6 is 0 Å². The normalized spacial score (nSPS) is 19.4. The lowest BCUT2D eigenvalue weighted by Crippen LogP contribution is -2.10. The van der Waals surface area contributed by atoms with Crippen LogP contribution in [-0.2, 0) is 0 Å². The number of fused-ring (bicyclic) bond motifs is 1. The summed E-state index contributed by atoms with van der Waals surface area (Å²) in [6.07, 6.45) is 0. The van der Waals surface area contributed by atoms with E-state index in [1.54, 1.807) is 13.2 Å². The van der Waals surface area contributed by atoms with Crippen LogP contribution in [0.3, 0.4) is 0 Å². The summed E-state index contributed by atoms with van der Waals surface area (Å²) in [7, 11) is 1.57. The molecule has 0 bridgehead atoms.